The third-order valence-corrected chi connectivity index (χ3v) is 8.94. The van der Waals surface area contributed by atoms with Crippen molar-refractivity contribution in [1.29, 1.82) is 0 Å². The van der Waals surface area contributed by atoms with Gasteiger partial charge in [-0.25, -0.2) is 9.78 Å². The van der Waals surface area contributed by atoms with Crippen molar-refractivity contribution in [2.45, 2.75) is 58.6 Å². The van der Waals surface area contributed by atoms with Gasteiger partial charge in [0.05, 0.1) is 25.8 Å². The van der Waals surface area contributed by atoms with E-state index >= 15 is 0 Å². The Balaban J connectivity index is 1.37. The number of amides is 2. The smallest absolute Gasteiger partial charge is 0.338 e. The number of carbonyl (C=O) groups excluding carboxylic acids is 2. The van der Waals surface area contributed by atoms with Crippen LogP contribution in [0.3, 0.4) is 0 Å². The van der Waals surface area contributed by atoms with E-state index in [0.29, 0.717) is 34.9 Å². The molecular formula is C34H42N5O3+. The highest BCUT2D eigenvalue weighted by Crippen LogP contribution is 2.40. The summed E-state index contributed by atoms with van der Waals surface area (Å²) in [5, 5.41) is 2.94. The van der Waals surface area contributed by atoms with Gasteiger partial charge in [0.15, 0.2) is 6.10 Å². The van der Waals surface area contributed by atoms with Crippen LogP contribution in [0.25, 0.3) is 0 Å². The predicted octanol–water partition coefficient (Wildman–Crippen LogP) is 5.51. The van der Waals surface area contributed by atoms with Crippen molar-refractivity contribution in [2.75, 3.05) is 38.5 Å². The first-order chi connectivity index (χ1) is 20.1. The number of piperazine rings is 1. The maximum absolute atomic E-state index is 13.2. The number of rotatable bonds is 9. The van der Waals surface area contributed by atoms with E-state index in [-0.39, 0.29) is 24.0 Å². The Hall–Kier alpha value is -3.88. The number of anilines is 1. The second-order valence-electron chi connectivity index (χ2n) is 12.1. The van der Waals surface area contributed by atoms with Gasteiger partial charge in [-0.05, 0) is 93.0 Å². The van der Waals surface area contributed by atoms with Crippen LogP contribution in [0, 0.1) is 20.8 Å². The van der Waals surface area contributed by atoms with Crippen LogP contribution < -0.4 is 10.1 Å². The molecule has 5 rings (SSSR count). The fourth-order valence-electron chi connectivity index (χ4n) is 5.71. The highest BCUT2D eigenvalue weighted by atomic mass is 16.5. The molecule has 1 aliphatic heterocycles. The zero-order valence-electron chi connectivity index (χ0n) is 25.4. The average Bonchev–Trinajstić information content (AvgIpc) is 3.83. The third-order valence-electron chi connectivity index (χ3n) is 8.94. The molecule has 1 saturated heterocycles. The summed E-state index contributed by atoms with van der Waals surface area (Å²) in [4.78, 5) is 37.3. The van der Waals surface area contributed by atoms with E-state index < -0.39 is 0 Å². The number of hydrogen-bond acceptors (Lipinski definition) is 6. The number of benzene rings is 1. The Bertz CT molecular complexity index is 1480. The van der Waals surface area contributed by atoms with Gasteiger partial charge >= 0.3 is 5.91 Å². The number of carbonyl (C=O) groups is 2. The second kappa shape index (κ2) is 12.2. The van der Waals surface area contributed by atoms with E-state index in [1.807, 2.05) is 58.3 Å². The minimum absolute atomic E-state index is 0.0562. The molecule has 2 aromatic heterocycles. The fourth-order valence-corrected chi connectivity index (χ4v) is 5.71. The molecule has 8 nitrogen and oxygen atoms in total. The highest BCUT2D eigenvalue weighted by Gasteiger charge is 2.41. The lowest BCUT2D eigenvalue weighted by Crippen LogP contribution is -2.65. The molecule has 0 bridgehead atoms. The molecule has 1 N–H and O–H groups in total. The summed E-state index contributed by atoms with van der Waals surface area (Å²) < 4.78 is 7.08. The normalized spacial score (nSPS) is 21.4. The number of pyridine rings is 2. The predicted molar refractivity (Wildman–Crippen MR) is 165 cm³/mol. The topological polar surface area (TPSA) is 84.4 Å². The Morgan fingerprint density at radius 2 is 1.93 bits per heavy atom. The minimum atomic E-state index is -0.314. The maximum Gasteiger partial charge on any atom is 0.338 e. The molecule has 1 unspecified atom stereocenters. The van der Waals surface area contributed by atoms with Gasteiger partial charge in [0.2, 0.25) is 0 Å². The lowest BCUT2D eigenvalue weighted by atomic mass is 10.0. The van der Waals surface area contributed by atoms with Crippen molar-refractivity contribution >= 4 is 17.6 Å². The van der Waals surface area contributed by atoms with Crippen molar-refractivity contribution in [3.05, 3.63) is 95.0 Å². The third kappa shape index (κ3) is 6.30. The van der Waals surface area contributed by atoms with Crippen LogP contribution in [0.5, 0.6) is 5.75 Å². The standard InChI is InChI=1S/C34H41N5O3/c1-7-32(40)39(6)16-15-38(20-25(39)5)21-31(29-13-12-27(19-36-29)26-10-11-26)42-30-18-23(3)28(17-24(30)4)34(41)37-33-22(2)9-8-14-35-33/h7-9,12-14,17-19,25-26,31H,1,10-11,15-16,20-21H2,2-6H3/p+1/t25-,31-,39?/m1/s1. The summed E-state index contributed by atoms with van der Waals surface area (Å²) in [6.07, 6.45) is 7.24. The van der Waals surface area contributed by atoms with Gasteiger partial charge in [-0.2, -0.15) is 0 Å². The van der Waals surface area contributed by atoms with E-state index in [1.54, 1.807) is 6.20 Å². The fraction of sp³-hybridized carbons (Fsp3) is 0.412. The van der Waals surface area contributed by atoms with E-state index in [1.165, 1.54) is 24.5 Å². The highest BCUT2D eigenvalue weighted by molar-refractivity contribution is 6.05. The quantitative estimate of drug-likeness (QED) is 0.271. The van der Waals surface area contributed by atoms with Crippen molar-refractivity contribution in [3.63, 3.8) is 0 Å². The zero-order chi connectivity index (χ0) is 30.0. The van der Waals surface area contributed by atoms with Crippen LogP contribution in [-0.2, 0) is 4.79 Å². The number of nitrogens with one attached hydrogen (secondary N) is 1. The summed E-state index contributed by atoms with van der Waals surface area (Å²) in [5.41, 5.74) is 5.34. The molecule has 1 aliphatic carbocycles. The number of nitrogens with zero attached hydrogens (tertiary/aromatic N) is 4. The number of quaternary nitrogens is 1. The van der Waals surface area contributed by atoms with E-state index in [0.717, 1.165) is 41.2 Å². The SMILES string of the molecule is C=CC(=O)[N+]1(C)CCN(C[C@@H](Oc2cc(C)c(C(=O)Nc3ncccc3C)cc2C)c2ccc(C3CC3)cn2)C[C@H]1C. The van der Waals surface area contributed by atoms with Crippen LogP contribution in [-0.4, -0.2) is 70.4 Å². The first-order valence-corrected chi connectivity index (χ1v) is 14.8. The van der Waals surface area contributed by atoms with Crippen molar-refractivity contribution in [1.82, 2.24) is 14.9 Å². The van der Waals surface area contributed by atoms with E-state index in [4.69, 9.17) is 9.72 Å². The molecule has 1 saturated carbocycles. The molecule has 0 spiro atoms. The first-order valence-electron chi connectivity index (χ1n) is 14.8. The van der Waals surface area contributed by atoms with Gasteiger partial charge < -0.3 is 10.1 Å². The molecule has 0 radical (unpaired) electrons. The van der Waals surface area contributed by atoms with Crippen LogP contribution in [0.1, 0.15) is 70.1 Å². The van der Waals surface area contributed by atoms with Crippen LogP contribution >= 0.6 is 0 Å². The van der Waals surface area contributed by atoms with Crippen LogP contribution in [0.2, 0.25) is 0 Å². The van der Waals surface area contributed by atoms with Crippen molar-refractivity contribution in [2.24, 2.45) is 0 Å². The Kier molecular flexibility index (Phi) is 8.57. The Morgan fingerprint density at radius 1 is 1.14 bits per heavy atom. The van der Waals surface area contributed by atoms with Gasteiger partial charge in [0, 0.05) is 37.1 Å². The maximum atomic E-state index is 13.2. The molecule has 220 valence electrons. The lowest BCUT2D eigenvalue weighted by molar-refractivity contribution is -0.861. The molecule has 2 aliphatic rings. The first kappa shape index (κ1) is 29.6. The largest absolute Gasteiger partial charge is 0.482 e. The zero-order valence-corrected chi connectivity index (χ0v) is 25.4. The van der Waals surface area contributed by atoms with Crippen molar-refractivity contribution < 1.29 is 18.8 Å². The molecule has 2 fully saturated rings. The summed E-state index contributed by atoms with van der Waals surface area (Å²) in [7, 11) is 2.00. The average molecular weight is 569 g/mol. The van der Waals surface area contributed by atoms with Gasteiger partial charge in [-0.3, -0.25) is 19.2 Å². The lowest BCUT2D eigenvalue weighted by Gasteiger charge is -2.44. The van der Waals surface area contributed by atoms with Crippen LogP contribution in [0.15, 0.2) is 61.4 Å². The molecular weight excluding hydrogens is 526 g/mol. The molecule has 3 heterocycles. The summed E-state index contributed by atoms with van der Waals surface area (Å²) in [6.45, 7) is 14.5. The monoisotopic (exact) mass is 568 g/mol. The number of hydrogen-bond donors (Lipinski definition) is 1. The summed E-state index contributed by atoms with van der Waals surface area (Å²) >= 11 is 0. The molecule has 2 amide bonds. The number of aromatic nitrogens is 2. The Morgan fingerprint density at radius 3 is 2.57 bits per heavy atom. The summed E-state index contributed by atoms with van der Waals surface area (Å²) in [5.74, 6) is 1.77. The molecule has 1 aromatic carbocycles. The van der Waals surface area contributed by atoms with Gasteiger partial charge in [0.25, 0.3) is 5.91 Å². The number of ether oxygens (including phenoxy) is 1. The number of aryl methyl sites for hydroxylation is 3. The second-order valence-corrected chi connectivity index (χ2v) is 12.1. The van der Waals surface area contributed by atoms with Crippen molar-refractivity contribution in [3.8, 4) is 5.75 Å². The van der Waals surface area contributed by atoms with E-state index in [9.17, 15) is 9.59 Å². The molecule has 3 atom stereocenters. The van der Waals surface area contributed by atoms with Gasteiger partial charge in [0.1, 0.15) is 17.6 Å². The van der Waals surface area contributed by atoms with E-state index in [2.05, 4.69) is 40.8 Å². The molecule has 8 heteroatoms. The molecule has 42 heavy (non-hydrogen) atoms. The molecule has 3 aromatic rings. The Labute approximate surface area is 249 Å². The summed E-state index contributed by atoms with van der Waals surface area (Å²) in [6, 6.07) is 12.0. The minimum Gasteiger partial charge on any atom is -0.482 e. The number of likely N-dealkylation sites (N-methyl/N-ethyl adjacent to an activating group) is 1. The van der Waals surface area contributed by atoms with Gasteiger partial charge in [-0.15, -0.1) is 0 Å². The van der Waals surface area contributed by atoms with Crippen LogP contribution in [0.4, 0.5) is 5.82 Å². The van der Waals surface area contributed by atoms with Gasteiger partial charge in [-0.1, -0.05) is 18.7 Å².